The third kappa shape index (κ3) is 5.46. The fourth-order valence-corrected chi connectivity index (χ4v) is 3.51. The van der Waals surface area contributed by atoms with Crippen LogP contribution in [0.1, 0.15) is 39.2 Å². The van der Waals surface area contributed by atoms with Crippen molar-refractivity contribution in [2.75, 3.05) is 39.5 Å². The molecule has 0 bridgehead atoms. The second-order valence-corrected chi connectivity index (χ2v) is 8.05. The van der Waals surface area contributed by atoms with Gasteiger partial charge in [-0.3, -0.25) is 4.99 Å². The minimum Gasteiger partial charge on any atom is -0.486 e. The number of ether oxygens (including phenoxy) is 3. The normalized spacial score (nSPS) is 17.8. The van der Waals surface area contributed by atoms with Crippen LogP contribution < -0.4 is 20.5 Å². The third-order valence-electron chi connectivity index (χ3n) is 5.34. The lowest BCUT2D eigenvalue weighted by Crippen LogP contribution is -2.48. The highest BCUT2D eigenvalue weighted by atomic mass is 16.6. The number of aliphatic imine (C=N–C) groups is 1. The van der Waals surface area contributed by atoms with E-state index in [0.717, 1.165) is 29.9 Å². The summed E-state index contributed by atoms with van der Waals surface area (Å²) < 4.78 is 16.3. The highest BCUT2D eigenvalue weighted by Crippen LogP contribution is 2.35. The Bertz CT molecular complexity index is 742. The van der Waals surface area contributed by atoms with Crippen molar-refractivity contribution in [3.05, 3.63) is 23.8 Å². The molecule has 8 nitrogen and oxygen atoms in total. The molecule has 3 rings (SSSR count). The number of hydrogen-bond donors (Lipinski definition) is 2. The van der Waals surface area contributed by atoms with Gasteiger partial charge < -0.3 is 30.2 Å². The summed E-state index contributed by atoms with van der Waals surface area (Å²) in [6.07, 6.45) is 1.40. The molecule has 0 radical (unpaired) electrons. The van der Waals surface area contributed by atoms with Gasteiger partial charge in [0.15, 0.2) is 17.5 Å². The molecule has 1 fully saturated rings. The number of amides is 1. The van der Waals surface area contributed by atoms with E-state index in [1.54, 1.807) is 4.90 Å². The maximum Gasteiger partial charge on any atom is 0.409 e. The van der Waals surface area contributed by atoms with Crippen LogP contribution in [0.5, 0.6) is 11.5 Å². The van der Waals surface area contributed by atoms with Crippen LogP contribution in [-0.2, 0) is 10.2 Å². The van der Waals surface area contributed by atoms with E-state index in [4.69, 9.17) is 19.9 Å². The van der Waals surface area contributed by atoms with Crippen LogP contribution in [0.25, 0.3) is 0 Å². The summed E-state index contributed by atoms with van der Waals surface area (Å²) in [5, 5.41) is 3.29. The van der Waals surface area contributed by atoms with Crippen LogP contribution in [-0.4, -0.2) is 62.4 Å². The molecule has 3 N–H and O–H groups in total. The average Bonchev–Trinajstić information content (AvgIpc) is 2.73. The van der Waals surface area contributed by atoms with Crippen LogP contribution in [0.4, 0.5) is 4.79 Å². The van der Waals surface area contributed by atoms with E-state index >= 15 is 0 Å². The lowest BCUT2D eigenvalue weighted by molar-refractivity contribution is 0.0963. The van der Waals surface area contributed by atoms with Gasteiger partial charge in [-0.05, 0) is 37.5 Å². The highest BCUT2D eigenvalue weighted by molar-refractivity contribution is 5.78. The first-order valence-electron chi connectivity index (χ1n) is 10.3. The number of piperidine rings is 1. The summed E-state index contributed by atoms with van der Waals surface area (Å²) >= 11 is 0. The number of carbonyl (C=O) groups excluding carboxylic acids is 1. The maximum atomic E-state index is 11.8. The molecule has 0 spiro atoms. The Balaban J connectivity index is 1.52. The lowest BCUT2D eigenvalue weighted by atomic mass is 9.84. The van der Waals surface area contributed by atoms with Crippen molar-refractivity contribution in [3.8, 4) is 11.5 Å². The first-order chi connectivity index (χ1) is 13.9. The van der Waals surface area contributed by atoms with Crippen LogP contribution in [0, 0.1) is 0 Å². The summed E-state index contributed by atoms with van der Waals surface area (Å²) in [7, 11) is 0. The molecule has 0 unspecified atom stereocenters. The molecular formula is C21H32N4O4. The fourth-order valence-electron chi connectivity index (χ4n) is 3.51. The smallest absolute Gasteiger partial charge is 0.409 e. The predicted molar refractivity (Wildman–Crippen MR) is 112 cm³/mol. The van der Waals surface area contributed by atoms with E-state index in [1.807, 2.05) is 19.1 Å². The van der Waals surface area contributed by atoms with Crippen molar-refractivity contribution < 1.29 is 19.0 Å². The first kappa shape index (κ1) is 21.1. The Hall–Kier alpha value is -2.64. The molecule has 0 atom stereocenters. The minimum absolute atomic E-state index is 0.199. The molecular weight excluding hydrogens is 372 g/mol. The molecule has 2 aliphatic heterocycles. The quantitative estimate of drug-likeness (QED) is 0.577. The van der Waals surface area contributed by atoms with Crippen LogP contribution >= 0.6 is 0 Å². The van der Waals surface area contributed by atoms with E-state index in [-0.39, 0.29) is 17.6 Å². The first-order valence-corrected chi connectivity index (χ1v) is 10.3. The van der Waals surface area contributed by atoms with Crippen molar-refractivity contribution >= 4 is 12.1 Å². The standard InChI is InChI=1S/C21H32N4O4/c1-4-27-20(26)25-9-7-16(8-10-25)24-19(22)23-14-21(2,3)15-5-6-17-18(13-15)29-12-11-28-17/h5-6,13,16H,4,7-12,14H2,1-3H3,(H3,22,23,24). The van der Waals surface area contributed by atoms with E-state index < -0.39 is 0 Å². The number of likely N-dealkylation sites (tertiary alicyclic amines) is 1. The van der Waals surface area contributed by atoms with Crippen LogP contribution in [0.3, 0.4) is 0 Å². The Morgan fingerprint density at radius 2 is 1.97 bits per heavy atom. The van der Waals surface area contributed by atoms with E-state index in [9.17, 15) is 4.79 Å². The number of nitrogens with zero attached hydrogens (tertiary/aromatic N) is 2. The molecule has 0 aromatic heterocycles. The fraction of sp³-hybridized carbons (Fsp3) is 0.619. The van der Waals surface area contributed by atoms with Crippen LogP contribution in [0.2, 0.25) is 0 Å². The van der Waals surface area contributed by atoms with Crippen molar-refractivity contribution in [1.82, 2.24) is 10.2 Å². The number of nitrogens with one attached hydrogen (secondary N) is 1. The summed E-state index contributed by atoms with van der Waals surface area (Å²) in [5.41, 5.74) is 7.06. The van der Waals surface area contributed by atoms with E-state index in [1.165, 1.54) is 0 Å². The molecule has 0 saturated carbocycles. The number of fused-ring (bicyclic) bond motifs is 1. The Morgan fingerprint density at radius 1 is 1.28 bits per heavy atom. The zero-order valence-corrected chi connectivity index (χ0v) is 17.6. The maximum absolute atomic E-state index is 11.8. The summed E-state index contributed by atoms with van der Waals surface area (Å²) in [6.45, 7) is 9.50. The number of rotatable bonds is 5. The minimum atomic E-state index is -0.242. The largest absolute Gasteiger partial charge is 0.486 e. The molecule has 8 heteroatoms. The molecule has 2 aliphatic rings. The number of carbonyl (C=O) groups is 1. The Labute approximate surface area is 172 Å². The van der Waals surface area contributed by atoms with Gasteiger partial charge in [-0.2, -0.15) is 0 Å². The van der Waals surface area contributed by atoms with Crippen molar-refractivity contribution in [2.45, 2.75) is 45.1 Å². The molecule has 29 heavy (non-hydrogen) atoms. The van der Waals surface area contributed by atoms with Gasteiger partial charge >= 0.3 is 6.09 Å². The second-order valence-electron chi connectivity index (χ2n) is 8.05. The molecule has 0 aliphatic carbocycles. The van der Waals surface area contributed by atoms with Crippen molar-refractivity contribution in [3.63, 3.8) is 0 Å². The van der Waals surface area contributed by atoms with Gasteiger partial charge in [-0.25, -0.2) is 4.79 Å². The number of nitrogens with two attached hydrogens (primary N) is 1. The summed E-state index contributed by atoms with van der Waals surface area (Å²) in [4.78, 5) is 18.1. The van der Waals surface area contributed by atoms with Gasteiger partial charge in [-0.1, -0.05) is 19.9 Å². The van der Waals surface area contributed by atoms with Crippen molar-refractivity contribution in [1.29, 1.82) is 0 Å². The number of benzene rings is 1. The number of hydrogen-bond acceptors (Lipinski definition) is 5. The lowest BCUT2D eigenvalue weighted by Gasteiger charge is -2.32. The van der Waals surface area contributed by atoms with Gasteiger partial charge in [0.25, 0.3) is 0 Å². The molecule has 1 aromatic rings. The van der Waals surface area contributed by atoms with Crippen molar-refractivity contribution in [2.24, 2.45) is 10.7 Å². The Morgan fingerprint density at radius 3 is 2.66 bits per heavy atom. The SMILES string of the molecule is CCOC(=O)N1CCC(NC(N)=NCC(C)(C)c2ccc3c(c2)OCCO3)CC1. The topological polar surface area (TPSA) is 98.4 Å². The monoisotopic (exact) mass is 404 g/mol. The zero-order chi connectivity index (χ0) is 20.9. The zero-order valence-electron chi connectivity index (χ0n) is 17.6. The second kappa shape index (κ2) is 9.24. The van der Waals surface area contributed by atoms with E-state index in [2.05, 4.69) is 30.2 Å². The molecule has 1 saturated heterocycles. The predicted octanol–water partition coefficient (Wildman–Crippen LogP) is 2.26. The van der Waals surface area contributed by atoms with Gasteiger partial charge in [-0.15, -0.1) is 0 Å². The molecule has 160 valence electrons. The average molecular weight is 405 g/mol. The molecule has 1 aromatic carbocycles. The molecule has 2 heterocycles. The molecule has 1 amide bonds. The number of guanidine groups is 1. The Kier molecular flexibility index (Phi) is 6.71. The third-order valence-corrected chi connectivity index (χ3v) is 5.34. The van der Waals surface area contributed by atoms with Gasteiger partial charge in [0.1, 0.15) is 13.2 Å². The summed E-state index contributed by atoms with van der Waals surface area (Å²) in [6, 6.07) is 6.24. The highest BCUT2D eigenvalue weighted by Gasteiger charge is 2.25. The van der Waals surface area contributed by atoms with E-state index in [0.29, 0.717) is 45.4 Å². The van der Waals surface area contributed by atoms with Crippen LogP contribution in [0.15, 0.2) is 23.2 Å². The summed E-state index contributed by atoms with van der Waals surface area (Å²) in [5.74, 6) is 2.00. The van der Waals surface area contributed by atoms with Gasteiger partial charge in [0, 0.05) is 24.5 Å². The van der Waals surface area contributed by atoms with Gasteiger partial charge in [0.2, 0.25) is 0 Å². The van der Waals surface area contributed by atoms with Gasteiger partial charge in [0.05, 0.1) is 13.2 Å².